The Morgan fingerprint density at radius 1 is 1.15 bits per heavy atom. The number of thioether (sulfide) groups is 1. The molecule has 6 atom stereocenters. The lowest BCUT2D eigenvalue weighted by molar-refractivity contribution is -0.151. The monoisotopic (exact) mass is 756 g/mol. The van der Waals surface area contributed by atoms with Gasteiger partial charge in [-0.25, -0.2) is 4.79 Å². The molecular formula is C35H48N8O9S. The fourth-order valence-corrected chi connectivity index (χ4v) is 7.34. The van der Waals surface area contributed by atoms with Crippen LogP contribution >= 0.6 is 11.8 Å². The minimum Gasteiger partial charge on any atom is -0.463 e. The van der Waals surface area contributed by atoms with Crippen molar-refractivity contribution >= 4 is 35.5 Å². The fourth-order valence-electron chi connectivity index (χ4n) is 6.18. The van der Waals surface area contributed by atoms with Crippen LogP contribution in [-0.2, 0) is 35.1 Å². The third-order valence-corrected chi connectivity index (χ3v) is 9.79. The predicted molar refractivity (Wildman–Crippen MR) is 195 cm³/mol. The van der Waals surface area contributed by atoms with Gasteiger partial charge in [0.05, 0.1) is 24.4 Å². The molecule has 3 heterocycles. The summed E-state index contributed by atoms with van der Waals surface area (Å²) in [6, 6.07) is 6.46. The number of aromatic nitrogens is 2. The number of aryl methyl sites for hydroxylation is 1. The highest BCUT2D eigenvalue weighted by molar-refractivity contribution is 7.99. The zero-order valence-corrected chi connectivity index (χ0v) is 31.6. The summed E-state index contributed by atoms with van der Waals surface area (Å²) in [5, 5.41) is 20.8. The Labute approximate surface area is 310 Å². The molecule has 17 nitrogen and oxygen atoms in total. The van der Waals surface area contributed by atoms with Crippen molar-refractivity contribution in [1.82, 2.24) is 25.1 Å². The molecule has 4 rings (SSSR count). The molecule has 18 heteroatoms. The van der Waals surface area contributed by atoms with Gasteiger partial charge in [0.15, 0.2) is 6.10 Å². The molecule has 4 N–H and O–H groups in total. The number of nitrogens with one attached hydrogen (secondary N) is 3. The summed E-state index contributed by atoms with van der Waals surface area (Å²) in [6.45, 7) is 10.1. The highest BCUT2D eigenvalue weighted by Gasteiger charge is 2.41. The number of nitrogens with zero attached hydrogens (tertiary/aromatic N) is 5. The summed E-state index contributed by atoms with van der Waals surface area (Å²) in [7, 11) is 0. The van der Waals surface area contributed by atoms with Crippen LogP contribution in [0.1, 0.15) is 71.2 Å². The van der Waals surface area contributed by atoms with Crippen LogP contribution in [0.25, 0.3) is 10.4 Å². The maximum atomic E-state index is 13.7. The van der Waals surface area contributed by atoms with E-state index in [2.05, 4.69) is 25.6 Å². The van der Waals surface area contributed by atoms with Crippen LogP contribution in [0.15, 0.2) is 51.2 Å². The number of H-pyrrole nitrogens is 1. The van der Waals surface area contributed by atoms with Crippen LogP contribution in [0, 0.1) is 12.3 Å². The number of esters is 1. The summed E-state index contributed by atoms with van der Waals surface area (Å²) >= 11 is 1.40. The molecule has 0 radical (unpaired) electrons. The van der Waals surface area contributed by atoms with E-state index in [1.54, 1.807) is 26.0 Å². The van der Waals surface area contributed by atoms with Crippen molar-refractivity contribution in [3.8, 4) is 0 Å². The molecule has 2 fully saturated rings. The molecule has 2 aliphatic rings. The SMILES string of the molecule is Cc1cn([C@@H]2C[C@@H](N=[N+]=[N-])[C@H](COC(=O)CC(C)(C)CC(=O)N[C@@H](Cc3ccccc3)[C@H](O)C(=O)N3CSC[C@H]3C(=O)NC(C)(C)C)O2)c(=O)[nH]c1=O. The first-order valence-corrected chi connectivity index (χ1v) is 18.4. The van der Waals surface area contributed by atoms with Crippen molar-refractivity contribution in [2.24, 2.45) is 10.5 Å². The zero-order chi connectivity index (χ0) is 39.1. The Hall–Kier alpha value is -4.64. The van der Waals surface area contributed by atoms with E-state index in [0.29, 0.717) is 5.75 Å². The number of carbonyl (C=O) groups is 4. The van der Waals surface area contributed by atoms with E-state index < -0.39 is 76.5 Å². The Bertz CT molecular complexity index is 1820. The van der Waals surface area contributed by atoms with Crippen LogP contribution in [0.3, 0.4) is 0 Å². The van der Waals surface area contributed by atoms with Crippen molar-refractivity contribution in [2.75, 3.05) is 18.2 Å². The van der Waals surface area contributed by atoms with Gasteiger partial charge in [-0.2, -0.15) is 0 Å². The number of aliphatic hydroxyl groups excluding tert-OH is 1. The van der Waals surface area contributed by atoms with Gasteiger partial charge in [0.1, 0.15) is 25.0 Å². The third kappa shape index (κ3) is 11.4. The number of azide groups is 1. The number of aromatic amines is 1. The average molecular weight is 757 g/mol. The number of benzene rings is 1. The number of hydrogen-bond acceptors (Lipinski definition) is 11. The molecule has 2 aliphatic heterocycles. The summed E-state index contributed by atoms with van der Waals surface area (Å²) in [4.78, 5) is 83.7. The molecule has 2 saturated heterocycles. The summed E-state index contributed by atoms with van der Waals surface area (Å²) in [6.07, 6.45) is -2.20. The molecule has 0 saturated carbocycles. The molecule has 0 spiro atoms. The molecular weight excluding hydrogens is 708 g/mol. The number of rotatable bonds is 14. The number of amides is 3. The van der Waals surface area contributed by atoms with Gasteiger partial charge in [-0.05, 0) is 50.6 Å². The Morgan fingerprint density at radius 3 is 2.51 bits per heavy atom. The topological polar surface area (TPSA) is 238 Å². The van der Waals surface area contributed by atoms with E-state index in [0.717, 1.165) is 5.56 Å². The number of ether oxygens (including phenoxy) is 2. The lowest BCUT2D eigenvalue weighted by Crippen LogP contribution is -2.57. The standard InChI is InChI=1S/C35H48N8O9S/c1-20-16-42(33(50)38-30(20)47)27-13-22(40-41-36)25(52-27)17-51-28(45)15-35(5,6)14-26(44)37-23(12-21-10-8-7-9-11-21)29(46)32(49)43-19-53-18-24(43)31(48)39-34(2,3)4/h7-11,16,22-25,27,29,46H,12-15,17-19H2,1-6H3,(H,37,44)(H,39,48)(H,38,47,50)/t22-,23+,24+,25+,27+,29+/m1/s1. The maximum Gasteiger partial charge on any atom is 0.330 e. The van der Waals surface area contributed by atoms with E-state index in [1.165, 1.54) is 34.3 Å². The van der Waals surface area contributed by atoms with Gasteiger partial charge < -0.3 is 30.1 Å². The molecule has 0 bridgehead atoms. The van der Waals surface area contributed by atoms with Gasteiger partial charge in [0.2, 0.25) is 11.8 Å². The first kappa shape index (κ1) is 41.1. The Morgan fingerprint density at radius 2 is 1.85 bits per heavy atom. The van der Waals surface area contributed by atoms with Crippen molar-refractivity contribution in [1.29, 1.82) is 0 Å². The molecule has 53 heavy (non-hydrogen) atoms. The first-order valence-electron chi connectivity index (χ1n) is 17.3. The summed E-state index contributed by atoms with van der Waals surface area (Å²) < 4.78 is 12.6. The largest absolute Gasteiger partial charge is 0.463 e. The molecule has 1 aromatic carbocycles. The van der Waals surface area contributed by atoms with Crippen molar-refractivity contribution < 1.29 is 33.8 Å². The second-order valence-corrected chi connectivity index (χ2v) is 16.2. The Balaban J connectivity index is 1.38. The van der Waals surface area contributed by atoms with Gasteiger partial charge in [0.25, 0.3) is 11.5 Å². The minimum atomic E-state index is -1.66. The van der Waals surface area contributed by atoms with Crippen molar-refractivity contribution in [2.45, 2.75) is 109 Å². The van der Waals surface area contributed by atoms with E-state index in [9.17, 15) is 33.9 Å². The number of hydrogen-bond donors (Lipinski definition) is 4. The fraction of sp³-hybridized carbons (Fsp3) is 0.600. The van der Waals surface area contributed by atoms with Gasteiger partial charge in [-0.1, -0.05) is 49.3 Å². The van der Waals surface area contributed by atoms with Crippen LogP contribution in [0.4, 0.5) is 0 Å². The molecule has 288 valence electrons. The van der Waals surface area contributed by atoms with Gasteiger partial charge in [-0.15, -0.1) is 11.8 Å². The molecule has 0 unspecified atom stereocenters. The van der Waals surface area contributed by atoms with Crippen LogP contribution in [-0.4, -0.2) is 97.4 Å². The summed E-state index contributed by atoms with van der Waals surface area (Å²) in [5.74, 6) is -1.60. The average Bonchev–Trinajstić information content (AvgIpc) is 3.72. The van der Waals surface area contributed by atoms with Crippen molar-refractivity contribution in [3.63, 3.8) is 0 Å². The third-order valence-electron chi connectivity index (χ3n) is 8.78. The summed E-state index contributed by atoms with van der Waals surface area (Å²) in [5.41, 5.74) is 7.43. The second-order valence-electron chi connectivity index (χ2n) is 15.2. The van der Waals surface area contributed by atoms with Crippen LogP contribution in [0.5, 0.6) is 0 Å². The van der Waals surface area contributed by atoms with Crippen LogP contribution < -0.4 is 21.9 Å². The van der Waals surface area contributed by atoms with E-state index in [1.807, 2.05) is 39.0 Å². The zero-order valence-electron chi connectivity index (χ0n) is 30.7. The lowest BCUT2D eigenvalue weighted by Gasteiger charge is -2.32. The lowest BCUT2D eigenvalue weighted by atomic mass is 9.85. The second kappa shape index (κ2) is 17.5. The minimum absolute atomic E-state index is 0.100. The van der Waals surface area contributed by atoms with Crippen LogP contribution in [0.2, 0.25) is 0 Å². The number of aliphatic hydroxyl groups is 1. The van der Waals surface area contributed by atoms with E-state index in [4.69, 9.17) is 15.0 Å². The van der Waals surface area contributed by atoms with Crippen molar-refractivity contribution in [3.05, 3.63) is 78.9 Å². The smallest absolute Gasteiger partial charge is 0.330 e. The highest BCUT2D eigenvalue weighted by atomic mass is 32.2. The maximum absolute atomic E-state index is 13.7. The highest BCUT2D eigenvalue weighted by Crippen LogP contribution is 2.31. The van der Waals surface area contributed by atoms with Gasteiger partial charge in [-0.3, -0.25) is 33.5 Å². The predicted octanol–water partition coefficient (Wildman–Crippen LogP) is 2.07. The molecule has 0 aliphatic carbocycles. The first-order chi connectivity index (χ1) is 24.9. The Kier molecular flexibility index (Phi) is 13.5. The normalized spacial score (nSPS) is 21.3. The molecule has 2 aromatic rings. The van der Waals surface area contributed by atoms with Gasteiger partial charge >= 0.3 is 11.7 Å². The van der Waals surface area contributed by atoms with E-state index in [-0.39, 0.29) is 49.6 Å². The molecule has 3 amide bonds. The quantitative estimate of drug-likeness (QED) is 0.0947. The van der Waals surface area contributed by atoms with E-state index >= 15 is 0 Å². The number of carbonyl (C=O) groups excluding carboxylic acids is 4. The molecule has 1 aromatic heterocycles. The van der Waals surface area contributed by atoms with Gasteiger partial charge in [0, 0.05) is 40.8 Å².